The van der Waals surface area contributed by atoms with E-state index in [-0.39, 0.29) is 0 Å². The van der Waals surface area contributed by atoms with Crippen molar-refractivity contribution < 1.29 is 4.74 Å². The Balaban J connectivity index is 2.05. The van der Waals surface area contributed by atoms with E-state index < -0.39 is 0 Å². The highest BCUT2D eigenvalue weighted by molar-refractivity contribution is 5.80. The second-order valence-electron chi connectivity index (χ2n) is 4.25. The third-order valence-corrected chi connectivity index (χ3v) is 2.93. The fourth-order valence-electron chi connectivity index (χ4n) is 2.02. The number of rotatable bonds is 3. The average molecular weight is 258 g/mol. The number of fused-ring (bicyclic) bond motifs is 1. The van der Waals surface area contributed by atoms with Crippen LogP contribution in [0.3, 0.4) is 0 Å². The average Bonchev–Trinajstić information content (AvgIpc) is 2.94. The number of benzene rings is 1. The second kappa shape index (κ2) is 4.27. The Kier molecular flexibility index (Phi) is 2.59. The first-order valence-electron chi connectivity index (χ1n) is 5.81. The lowest BCUT2D eigenvalue weighted by Crippen LogP contribution is -2.06. The molecule has 98 valence electrons. The van der Waals surface area contributed by atoms with Crippen molar-refractivity contribution in [3.05, 3.63) is 30.4 Å². The van der Waals surface area contributed by atoms with E-state index in [1.807, 2.05) is 29.8 Å². The maximum absolute atomic E-state index is 5.95. The van der Waals surface area contributed by atoms with Crippen molar-refractivity contribution in [3.63, 3.8) is 0 Å². The third-order valence-electron chi connectivity index (χ3n) is 2.93. The van der Waals surface area contributed by atoms with Gasteiger partial charge in [-0.1, -0.05) is 0 Å². The first-order valence-corrected chi connectivity index (χ1v) is 5.81. The van der Waals surface area contributed by atoms with Crippen molar-refractivity contribution in [3.8, 4) is 5.75 Å². The van der Waals surface area contributed by atoms with Crippen LogP contribution < -0.4 is 10.5 Å². The number of aryl methyl sites for hydroxylation is 1. The van der Waals surface area contributed by atoms with E-state index in [4.69, 9.17) is 10.5 Å². The van der Waals surface area contributed by atoms with Crippen LogP contribution in [0.1, 0.15) is 5.82 Å². The Morgan fingerprint density at radius 1 is 1.37 bits per heavy atom. The summed E-state index contributed by atoms with van der Waals surface area (Å²) in [6.07, 6.45) is 1.66. The van der Waals surface area contributed by atoms with Crippen molar-refractivity contribution >= 4 is 17.0 Å². The minimum atomic E-state index is 0.440. The molecule has 2 heterocycles. The molecule has 0 radical (unpaired) electrons. The van der Waals surface area contributed by atoms with E-state index in [0.717, 1.165) is 16.8 Å². The maximum Gasteiger partial charge on any atom is 0.201 e. The largest absolute Gasteiger partial charge is 0.497 e. The molecule has 0 aliphatic carbocycles. The van der Waals surface area contributed by atoms with Gasteiger partial charge in [-0.3, -0.25) is 4.68 Å². The Morgan fingerprint density at radius 2 is 2.21 bits per heavy atom. The van der Waals surface area contributed by atoms with Crippen LogP contribution in [0.25, 0.3) is 11.0 Å². The van der Waals surface area contributed by atoms with Gasteiger partial charge in [0.25, 0.3) is 0 Å². The number of anilines is 1. The topological polar surface area (TPSA) is 83.8 Å². The van der Waals surface area contributed by atoms with E-state index in [0.29, 0.717) is 18.3 Å². The molecule has 0 fully saturated rings. The number of hydrogen-bond donors (Lipinski definition) is 1. The molecular formula is C12H14N6O. The minimum absolute atomic E-state index is 0.440. The summed E-state index contributed by atoms with van der Waals surface area (Å²) < 4.78 is 8.71. The smallest absolute Gasteiger partial charge is 0.201 e. The molecular weight excluding hydrogens is 244 g/mol. The molecule has 0 spiro atoms. The van der Waals surface area contributed by atoms with E-state index in [2.05, 4.69) is 15.1 Å². The number of nitrogens with two attached hydrogens (primary N) is 1. The highest BCUT2D eigenvalue weighted by Gasteiger charge is 2.11. The molecule has 0 saturated carbocycles. The lowest BCUT2D eigenvalue weighted by Gasteiger charge is -2.03. The molecule has 0 atom stereocenters. The predicted octanol–water partition coefficient (Wildman–Crippen LogP) is 0.804. The number of hydrogen-bond acceptors (Lipinski definition) is 5. The summed E-state index contributed by atoms with van der Waals surface area (Å²) in [6, 6.07) is 5.67. The summed E-state index contributed by atoms with van der Waals surface area (Å²) in [7, 11) is 3.45. The van der Waals surface area contributed by atoms with Crippen LogP contribution in [0.2, 0.25) is 0 Å². The van der Waals surface area contributed by atoms with Crippen LogP contribution in [-0.2, 0) is 13.6 Å². The van der Waals surface area contributed by atoms with Crippen molar-refractivity contribution in [2.45, 2.75) is 6.54 Å². The number of nitrogen functional groups attached to an aromatic ring is 1. The normalized spacial score (nSPS) is 11.1. The van der Waals surface area contributed by atoms with Crippen molar-refractivity contribution in [2.24, 2.45) is 7.05 Å². The van der Waals surface area contributed by atoms with Crippen molar-refractivity contribution in [1.82, 2.24) is 24.3 Å². The zero-order valence-electron chi connectivity index (χ0n) is 10.7. The summed E-state index contributed by atoms with van der Waals surface area (Å²) in [5, 5.41) is 4.24. The Bertz CT molecular complexity index is 729. The maximum atomic E-state index is 5.95. The molecule has 0 bridgehead atoms. The summed E-state index contributed by atoms with van der Waals surface area (Å²) >= 11 is 0. The lowest BCUT2D eigenvalue weighted by atomic mass is 10.3. The number of nitrogens with zero attached hydrogens (tertiary/aromatic N) is 5. The standard InChI is InChI=1S/C12H14N6O/c1-17-7-14-11(16-17)6-18-10-4-3-8(19-2)5-9(10)15-12(18)13/h3-5,7H,6H2,1-2H3,(H2,13,15). The summed E-state index contributed by atoms with van der Waals surface area (Å²) in [6.45, 7) is 0.496. The van der Waals surface area contributed by atoms with Gasteiger partial charge in [0.2, 0.25) is 5.95 Å². The molecule has 0 unspecified atom stereocenters. The van der Waals surface area contributed by atoms with Gasteiger partial charge >= 0.3 is 0 Å². The molecule has 2 aromatic heterocycles. The monoisotopic (exact) mass is 258 g/mol. The first kappa shape index (κ1) is 11.5. The van der Waals surface area contributed by atoms with Gasteiger partial charge in [-0.25, -0.2) is 9.97 Å². The van der Waals surface area contributed by atoms with E-state index >= 15 is 0 Å². The van der Waals surface area contributed by atoms with Gasteiger partial charge in [-0.2, -0.15) is 5.10 Å². The fraction of sp³-hybridized carbons (Fsp3) is 0.250. The predicted molar refractivity (Wildman–Crippen MR) is 70.8 cm³/mol. The Hall–Kier alpha value is -2.57. The summed E-state index contributed by atoms with van der Waals surface area (Å²) in [5.74, 6) is 1.90. The highest BCUT2D eigenvalue weighted by atomic mass is 16.5. The first-order chi connectivity index (χ1) is 9.17. The minimum Gasteiger partial charge on any atom is -0.497 e. The SMILES string of the molecule is COc1ccc2c(c1)nc(N)n2Cc1ncn(C)n1. The van der Waals surface area contributed by atoms with Crippen LogP contribution in [0.15, 0.2) is 24.5 Å². The molecule has 19 heavy (non-hydrogen) atoms. The second-order valence-corrected chi connectivity index (χ2v) is 4.25. The molecule has 3 aromatic rings. The van der Waals surface area contributed by atoms with Crippen LogP contribution in [0.4, 0.5) is 5.95 Å². The van der Waals surface area contributed by atoms with Crippen LogP contribution in [-0.4, -0.2) is 31.4 Å². The summed E-state index contributed by atoms with van der Waals surface area (Å²) in [4.78, 5) is 8.52. The van der Waals surface area contributed by atoms with Crippen molar-refractivity contribution in [2.75, 3.05) is 12.8 Å². The van der Waals surface area contributed by atoms with Gasteiger partial charge in [0.05, 0.1) is 24.7 Å². The third kappa shape index (κ3) is 1.99. The van der Waals surface area contributed by atoms with Gasteiger partial charge in [-0.05, 0) is 12.1 Å². The molecule has 0 saturated heterocycles. The molecule has 7 nitrogen and oxygen atoms in total. The summed E-state index contributed by atoms with van der Waals surface area (Å²) in [5.41, 5.74) is 7.68. The Labute approximate surface area is 109 Å². The van der Waals surface area contributed by atoms with E-state index in [9.17, 15) is 0 Å². The van der Waals surface area contributed by atoms with Crippen molar-refractivity contribution in [1.29, 1.82) is 0 Å². The molecule has 0 amide bonds. The van der Waals surface area contributed by atoms with E-state index in [1.165, 1.54) is 0 Å². The van der Waals surface area contributed by atoms with E-state index in [1.54, 1.807) is 18.1 Å². The van der Waals surface area contributed by atoms with Gasteiger partial charge < -0.3 is 15.0 Å². The fourth-order valence-corrected chi connectivity index (χ4v) is 2.02. The zero-order valence-corrected chi connectivity index (χ0v) is 10.7. The molecule has 0 aliphatic rings. The number of ether oxygens (including phenoxy) is 1. The molecule has 3 rings (SSSR count). The van der Waals surface area contributed by atoms with Crippen LogP contribution in [0, 0.1) is 0 Å². The van der Waals surface area contributed by atoms with Gasteiger partial charge in [0, 0.05) is 13.1 Å². The lowest BCUT2D eigenvalue weighted by molar-refractivity contribution is 0.415. The zero-order chi connectivity index (χ0) is 13.4. The number of imidazole rings is 1. The van der Waals surface area contributed by atoms with Crippen LogP contribution >= 0.6 is 0 Å². The molecule has 2 N–H and O–H groups in total. The molecule has 7 heteroatoms. The van der Waals surface area contributed by atoms with Gasteiger partial charge in [-0.15, -0.1) is 0 Å². The number of aromatic nitrogens is 5. The van der Waals surface area contributed by atoms with Gasteiger partial charge in [0.15, 0.2) is 5.82 Å². The Morgan fingerprint density at radius 3 is 2.89 bits per heavy atom. The van der Waals surface area contributed by atoms with Crippen LogP contribution in [0.5, 0.6) is 5.75 Å². The quantitative estimate of drug-likeness (QED) is 0.751. The molecule has 0 aliphatic heterocycles. The number of methoxy groups -OCH3 is 1. The molecule has 1 aromatic carbocycles. The van der Waals surface area contributed by atoms with Gasteiger partial charge in [0.1, 0.15) is 12.1 Å². The highest BCUT2D eigenvalue weighted by Crippen LogP contribution is 2.23.